The molecule has 0 fully saturated rings. The number of halogens is 1. The Hall–Kier alpha value is -1.20. The van der Waals surface area contributed by atoms with Gasteiger partial charge in [-0.15, -0.1) is 0 Å². The first kappa shape index (κ1) is 19.8. The lowest BCUT2D eigenvalue weighted by molar-refractivity contribution is 0.475. The third-order valence-electron chi connectivity index (χ3n) is 3.51. The van der Waals surface area contributed by atoms with Crippen LogP contribution in [0.5, 0.6) is 0 Å². The van der Waals surface area contributed by atoms with Gasteiger partial charge in [0.05, 0.1) is 5.75 Å². The van der Waals surface area contributed by atoms with Gasteiger partial charge < -0.3 is 0 Å². The normalized spacial score (nSPS) is 14.3. The Bertz CT molecular complexity index is 598. The maximum atomic E-state index is 13.0. The van der Waals surface area contributed by atoms with E-state index in [4.69, 9.17) is 4.55 Å². The fourth-order valence-corrected chi connectivity index (χ4v) is 2.87. The molecule has 1 rings (SSSR count). The Morgan fingerprint density at radius 1 is 1.17 bits per heavy atom. The van der Waals surface area contributed by atoms with Crippen LogP contribution in [0.1, 0.15) is 45.6 Å². The van der Waals surface area contributed by atoms with E-state index >= 15 is 0 Å². The van der Waals surface area contributed by atoms with E-state index in [1.165, 1.54) is 12.1 Å². The highest BCUT2D eigenvalue weighted by molar-refractivity contribution is 7.85. The molecule has 3 nitrogen and oxygen atoms in total. The van der Waals surface area contributed by atoms with Gasteiger partial charge in [0.15, 0.2) is 0 Å². The van der Waals surface area contributed by atoms with E-state index in [0.29, 0.717) is 6.42 Å². The smallest absolute Gasteiger partial charge is 0.264 e. The molecular weight excluding hydrogens is 315 g/mol. The first-order valence-corrected chi connectivity index (χ1v) is 9.55. The number of hydrogen-bond acceptors (Lipinski definition) is 2. The Morgan fingerprint density at radius 3 is 2.30 bits per heavy atom. The molecule has 130 valence electrons. The fourth-order valence-electron chi connectivity index (χ4n) is 2.31. The number of benzene rings is 1. The summed E-state index contributed by atoms with van der Waals surface area (Å²) in [5.41, 5.74) is 1.14. The molecule has 1 aromatic rings. The zero-order valence-corrected chi connectivity index (χ0v) is 14.9. The highest BCUT2D eigenvalue weighted by Gasteiger charge is 2.11. The van der Waals surface area contributed by atoms with E-state index in [0.717, 1.165) is 24.8 Å². The maximum Gasteiger partial charge on any atom is 0.264 e. The highest BCUT2D eigenvalue weighted by atomic mass is 32.2. The predicted octanol–water partition coefficient (Wildman–Crippen LogP) is 4.64. The lowest BCUT2D eigenvalue weighted by Crippen LogP contribution is -2.07. The molecule has 0 aromatic heterocycles. The summed E-state index contributed by atoms with van der Waals surface area (Å²) in [6, 6.07) is 6.48. The Morgan fingerprint density at radius 2 is 1.78 bits per heavy atom. The second kappa shape index (κ2) is 8.60. The van der Waals surface area contributed by atoms with Crippen molar-refractivity contribution in [1.82, 2.24) is 0 Å². The van der Waals surface area contributed by atoms with Crippen LogP contribution in [0.15, 0.2) is 36.4 Å². The largest absolute Gasteiger partial charge is 0.286 e. The molecule has 1 atom stereocenters. The quantitative estimate of drug-likeness (QED) is 0.425. The first-order valence-electron chi connectivity index (χ1n) is 7.94. The SMILES string of the molecule is CC(C)(C)/C=C/[C@@H](CCCCS(=O)(=O)O)Cc1ccc(F)cc1. The minimum atomic E-state index is -3.88. The zero-order valence-electron chi connectivity index (χ0n) is 14.1. The van der Waals surface area contributed by atoms with Crippen LogP contribution in [0.4, 0.5) is 4.39 Å². The second-order valence-corrected chi connectivity index (χ2v) is 8.67. The molecule has 1 aromatic carbocycles. The molecule has 5 heteroatoms. The second-order valence-electron chi connectivity index (χ2n) is 7.10. The van der Waals surface area contributed by atoms with Gasteiger partial charge in [0.1, 0.15) is 5.82 Å². The van der Waals surface area contributed by atoms with Gasteiger partial charge in [-0.25, -0.2) is 4.39 Å². The Labute approximate surface area is 139 Å². The van der Waals surface area contributed by atoms with Gasteiger partial charge in [0.25, 0.3) is 10.1 Å². The molecule has 0 heterocycles. The van der Waals surface area contributed by atoms with Crippen LogP contribution in [0, 0.1) is 17.2 Å². The van der Waals surface area contributed by atoms with E-state index in [2.05, 4.69) is 32.9 Å². The van der Waals surface area contributed by atoms with Gasteiger partial charge in [-0.3, -0.25) is 4.55 Å². The van der Waals surface area contributed by atoms with Crippen molar-refractivity contribution in [3.05, 3.63) is 47.8 Å². The van der Waals surface area contributed by atoms with E-state index in [-0.39, 0.29) is 22.9 Å². The summed E-state index contributed by atoms with van der Waals surface area (Å²) < 4.78 is 43.3. The number of hydrogen-bond donors (Lipinski definition) is 1. The van der Waals surface area contributed by atoms with Crippen molar-refractivity contribution < 1.29 is 17.4 Å². The molecule has 0 saturated carbocycles. The van der Waals surface area contributed by atoms with Crippen LogP contribution in [0.25, 0.3) is 0 Å². The Balaban J connectivity index is 2.65. The van der Waals surface area contributed by atoms with Gasteiger partial charge in [0, 0.05) is 0 Å². The lowest BCUT2D eigenvalue weighted by atomic mass is 9.89. The maximum absolute atomic E-state index is 13.0. The van der Waals surface area contributed by atoms with Gasteiger partial charge in [-0.2, -0.15) is 8.42 Å². The van der Waals surface area contributed by atoms with Crippen LogP contribution < -0.4 is 0 Å². The Kier molecular flexibility index (Phi) is 7.42. The highest BCUT2D eigenvalue weighted by Crippen LogP contribution is 2.22. The molecule has 0 spiro atoms. The number of allylic oxidation sites excluding steroid dienone is 2. The molecule has 0 amide bonds. The van der Waals surface area contributed by atoms with E-state index in [9.17, 15) is 12.8 Å². The van der Waals surface area contributed by atoms with Gasteiger partial charge in [-0.1, -0.05) is 51.5 Å². The number of rotatable bonds is 8. The van der Waals surface area contributed by atoms with Gasteiger partial charge in [0.2, 0.25) is 0 Å². The van der Waals surface area contributed by atoms with Crippen molar-refractivity contribution in [1.29, 1.82) is 0 Å². The summed E-state index contributed by atoms with van der Waals surface area (Å²) in [5, 5.41) is 0. The first-order chi connectivity index (χ1) is 10.6. The summed E-state index contributed by atoms with van der Waals surface area (Å²) in [7, 11) is -3.88. The minimum absolute atomic E-state index is 0.0789. The van der Waals surface area contributed by atoms with Crippen molar-refractivity contribution in [3.8, 4) is 0 Å². The predicted molar refractivity (Wildman–Crippen MR) is 92.5 cm³/mol. The van der Waals surface area contributed by atoms with Crippen molar-refractivity contribution >= 4 is 10.1 Å². The summed E-state index contributed by atoms with van der Waals surface area (Å²) in [6.07, 6.45) is 7.11. The molecular formula is C18H27FO3S. The van der Waals surface area contributed by atoms with Crippen LogP contribution in [-0.4, -0.2) is 18.7 Å². The third kappa shape index (κ3) is 10.2. The third-order valence-corrected chi connectivity index (χ3v) is 4.31. The van der Waals surface area contributed by atoms with Crippen LogP contribution in [-0.2, 0) is 16.5 Å². The summed E-state index contributed by atoms with van der Waals surface area (Å²) >= 11 is 0. The fraction of sp³-hybridized carbons (Fsp3) is 0.556. The molecule has 23 heavy (non-hydrogen) atoms. The van der Waals surface area contributed by atoms with Gasteiger partial charge >= 0.3 is 0 Å². The molecule has 0 aliphatic heterocycles. The minimum Gasteiger partial charge on any atom is -0.286 e. The lowest BCUT2D eigenvalue weighted by Gasteiger charge is -2.17. The van der Waals surface area contributed by atoms with Crippen LogP contribution in [0.3, 0.4) is 0 Å². The van der Waals surface area contributed by atoms with Crippen molar-refractivity contribution in [2.75, 3.05) is 5.75 Å². The summed E-state index contributed by atoms with van der Waals surface area (Å²) in [5.74, 6) is -0.177. The monoisotopic (exact) mass is 342 g/mol. The molecule has 0 aliphatic carbocycles. The van der Waals surface area contributed by atoms with Crippen LogP contribution >= 0.6 is 0 Å². The van der Waals surface area contributed by atoms with E-state index < -0.39 is 10.1 Å². The van der Waals surface area contributed by atoms with E-state index in [1.807, 2.05) is 0 Å². The average Bonchev–Trinajstić information content (AvgIpc) is 2.41. The summed E-state index contributed by atoms with van der Waals surface area (Å²) in [4.78, 5) is 0. The van der Waals surface area contributed by atoms with Crippen molar-refractivity contribution in [3.63, 3.8) is 0 Å². The topological polar surface area (TPSA) is 54.4 Å². The standard InChI is InChI=1S/C18H27FO3S/c1-18(2,3)12-11-15(6-4-5-13-23(20,21)22)14-16-7-9-17(19)10-8-16/h7-12,15H,4-6,13-14H2,1-3H3,(H,20,21,22)/b12-11+/t15-/m1/s1. The van der Waals surface area contributed by atoms with Crippen molar-refractivity contribution in [2.45, 2.75) is 46.5 Å². The molecule has 0 saturated heterocycles. The molecule has 0 radical (unpaired) electrons. The molecule has 1 N–H and O–H groups in total. The van der Waals surface area contributed by atoms with Crippen LogP contribution in [0.2, 0.25) is 0 Å². The van der Waals surface area contributed by atoms with Gasteiger partial charge in [-0.05, 0) is 48.3 Å². The van der Waals surface area contributed by atoms with E-state index in [1.54, 1.807) is 12.1 Å². The summed E-state index contributed by atoms with van der Waals surface area (Å²) in [6.45, 7) is 6.37. The number of unbranched alkanes of at least 4 members (excludes halogenated alkanes) is 1. The van der Waals surface area contributed by atoms with Crippen molar-refractivity contribution in [2.24, 2.45) is 11.3 Å². The molecule has 0 bridgehead atoms. The molecule has 0 unspecified atom stereocenters. The average molecular weight is 342 g/mol. The molecule has 0 aliphatic rings. The zero-order chi connectivity index (χ0) is 17.5.